The van der Waals surface area contributed by atoms with Gasteiger partial charge >= 0.3 is 0 Å². The lowest BCUT2D eigenvalue weighted by molar-refractivity contribution is 1.11. The molecule has 0 saturated carbocycles. The summed E-state index contributed by atoms with van der Waals surface area (Å²) in [5.41, 5.74) is 3.53. The maximum Gasteiger partial charge on any atom is 0.116 e. The topological polar surface area (TPSA) is 48.7 Å². The highest BCUT2D eigenvalue weighted by Gasteiger charge is 2.10. The molecule has 0 saturated heterocycles. The molecule has 112 valence electrons. The zero-order chi connectivity index (χ0) is 15.9. The summed E-state index contributed by atoms with van der Waals surface area (Å²) in [7, 11) is 0. The van der Waals surface area contributed by atoms with E-state index in [1.165, 1.54) is 5.56 Å². The molecule has 0 radical (unpaired) electrons. The molecule has 1 N–H and O–H groups in total. The minimum Gasteiger partial charge on any atom is -0.354 e. The van der Waals surface area contributed by atoms with Gasteiger partial charge in [0.05, 0.1) is 5.69 Å². The van der Waals surface area contributed by atoms with Crippen molar-refractivity contribution in [3.05, 3.63) is 84.1 Å². The van der Waals surface area contributed by atoms with Crippen LogP contribution in [0.25, 0.3) is 0 Å². The van der Waals surface area contributed by atoms with Gasteiger partial charge in [0.2, 0.25) is 0 Å². The molecule has 1 heterocycles. The molecule has 4 heteroatoms. The van der Waals surface area contributed by atoms with Gasteiger partial charge in [-0.2, -0.15) is 5.26 Å². The summed E-state index contributed by atoms with van der Waals surface area (Å²) in [4.78, 5) is 4.37. The first-order valence-corrected chi connectivity index (χ1v) is 8.23. The third-order valence-electron chi connectivity index (χ3n) is 3.30. The Bertz CT molecular complexity index is 811. The van der Waals surface area contributed by atoms with Gasteiger partial charge in [0.25, 0.3) is 0 Å². The first-order valence-electron chi connectivity index (χ1n) is 7.25. The normalized spacial score (nSPS) is 10.0. The second kappa shape index (κ2) is 7.48. The Kier molecular flexibility index (Phi) is 4.92. The van der Waals surface area contributed by atoms with E-state index in [2.05, 4.69) is 28.5 Å². The number of rotatable bonds is 5. The predicted octanol–water partition coefficient (Wildman–Crippen LogP) is 4.99. The third-order valence-corrected chi connectivity index (χ3v) is 4.36. The van der Waals surface area contributed by atoms with Gasteiger partial charge in [-0.1, -0.05) is 48.5 Å². The van der Waals surface area contributed by atoms with Crippen molar-refractivity contribution in [2.75, 3.05) is 5.32 Å². The minimum atomic E-state index is 0.581. The van der Waals surface area contributed by atoms with E-state index in [1.54, 1.807) is 18.0 Å². The lowest BCUT2D eigenvalue weighted by Crippen LogP contribution is -1.97. The van der Waals surface area contributed by atoms with E-state index in [9.17, 15) is 5.26 Å². The number of aromatic nitrogens is 1. The molecule has 0 fully saturated rings. The van der Waals surface area contributed by atoms with Crippen LogP contribution in [-0.4, -0.2) is 4.98 Å². The zero-order valence-corrected chi connectivity index (χ0v) is 13.3. The smallest absolute Gasteiger partial charge is 0.116 e. The standard InChI is InChI=1S/C19H15N3S/c20-13-17-18(22-16-9-5-2-6-10-16)11-12-21-19(17)23-14-15-7-3-1-4-8-15/h1-12H,14H2,(H,21,22). The number of para-hydroxylation sites is 1. The lowest BCUT2D eigenvalue weighted by atomic mass is 10.2. The molecule has 3 nitrogen and oxygen atoms in total. The number of thioether (sulfide) groups is 1. The molecular weight excluding hydrogens is 302 g/mol. The van der Waals surface area contributed by atoms with Crippen molar-refractivity contribution in [1.29, 1.82) is 5.26 Å². The van der Waals surface area contributed by atoms with Crippen molar-refractivity contribution >= 4 is 23.1 Å². The highest BCUT2D eigenvalue weighted by Crippen LogP contribution is 2.29. The quantitative estimate of drug-likeness (QED) is 0.674. The van der Waals surface area contributed by atoms with Crippen molar-refractivity contribution in [2.45, 2.75) is 10.8 Å². The Morgan fingerprint density at radius 1 is 0.957 bits per heavy atom. The Morgan fingerprint density at radius 3 is 2.35 bits per heavy atom. The molecule has 3 aromatic rings. The monoisotopic (exact) mass is 317 g/mol. The van der Waals surface area contributed by atoms with E-state index in [0.29, 0.717) is 5.56 Å². The molecule has 0 spiro atoms. The average Bonchev–Trinajstić information content (AvgIpc) is 2.62. The maximum atomic E-state index is 9.53. The van der Waals surface area contributed by atoms with Crippen LogP contribution in [0.3, 0.4) is 0 Å². The van der Waals surface area contributed by atoms with E-state index < -0.39 is 0 Å². The van der Waals surface area contributed by atoms with Crippen LogP contribution in [0, 0.1) is 11.3 Å². The lowest BCUT2D eigenvalue weighted by Gasteiger charge is -2.10. The van der Waals surface area contributed by atoms with Gasteiger partial charge in [0.15, 0.2) is 0 Å². The highest BCUT2D eigenvalue weighted by molar-refractivity contribution is 7.98. The summed E-state index contributed by atoms with van der Waals surface area (Å²) >= 11 is 1.58. The van der Waals surface area contributed by atoms with E-state index >= 15 is 0 Å². The minimum absolute atomic E-state index is 0.581. The van der Waals surface area contributed by atoms with Crippen molar-refractivity contribution < 1.29 is 0 Å². The van der Waals surface area contributed by atoms with Crippen LogP contribution in [0.2, 0.25) is 0 Å². The van der Waals surface area contributed by atoms with Crippen LogP contribution in [0.15, 0.2) is 78.0 Å². The second-order valence-electron chi connectivity index (χ2n) is 4.92. The first-order chi connectivity index (χ1) is 11.4. The number of hydrogen-bond acceptors (Lipinski definition) is 4. The molecule has 0 amide bonds. The highest BCUT2D eigenvalue weighted by atomic mass is 32.2. The van der Waals surface area contributed by atoms with Crippen molar-refractivity contribution in [2.24, 2.45) is 0 Å². The molecule has 23 heavy (non-hydrogen) atoms. The largest absolute Gasteiger partial charge is 0.354 e. The number of benzene rings is 2. The van der Waals surface area contributed by atoms with E-state index in [0.717, 1.165) is 22.2 Å². The number of pyridine rings is 1. The molecule has 0 bridgehead atoms. The van der Waals surface area contributed by atoms with Gasteiger partial charge in [0, 0.05) is 17.6 Å². The maximum absolute atomic E-state index is 9.53. The van der Waals surface area contributed by atoms with Gasteiger partial charge in [-0.05, 0) is 23.8 Å². The number of nitrogens with zero attached hydrogens (tertiary/aromatic N) is 2. The summed E-state index contributed by atoms with van der Waals surface area (Å²) in [6.07, 6.45) is 1.74. The Labute approximate surface area is 140 Å². The fourth-order valence-corrected chi connectivity index (χ4v) is 3.10. The first kappa shape index (κ1) is 15.1. The molecule has 0 aliphatic rings. The summed E-state index contributed by atoms with van der Waals surface area (Å²) in [6, 6.07) is 24.1. The van der Waals surface area contributed by atoms with Crippen molar-refractivity contribution in [1.82, 2.24) is 4.98 Å². The average molecular weight is 317 g/mol. The van der Waals surface area contributed by atoms with Gasteiger partial charge < -0.3 is 5.32 Å². The molecule has 0 unspecified atom stereocenters. The summed E-state index contributed by atoms with van der Waals surface area (Å²) in [5, 5.41) is 13.6. The summed E-state index contributed by atoms with van der Waals surface area (Å²) < 4.78 is 0. The van der Waals surface area contributed by atoms with E-state index in [-0.39, 0.29) is 0 Å². The van der Waals surface area contributed by atoms with Crippen LogP contribution in [0.1, 0.15) is 11.1 Å². The number of nitriles is 1. The number of hydrogen-bond donors (Lipinski definition) is 1. The second-order valence-corrected chi connectivity index (χ2v) is 5.88. The third kappa shape index (κ3) is 3.91. The Hall–Kier alpha value is -2.77. The van der Waals surface area contributed by atoms with Crippen LogP contribution >= 0.6 is 11.8 Å². The summed E-state index contributed by atoms with van der Waals surface area (Å²) in [6.45, 7) is 0. The molecule has 0 atom stereocenters. The predicted molar refractivity (Wildman–Crippen MR) is 94.7 cm³/mol. The molecule has 3 rings (SSSR count). The van der Waals surface area contributed by atoms with E-state index in [1.807, 2.05) is 54.6 Å². The van der Waals surface area contributed by atoms with Gasteiger partial charge in [-0.15, -0.1) is 11.8 Å². The van der Waals surface area contributed by atoms with Crippen LogP contribution in [-0.2, 0) is 5.75 Å². The van der Waals surface area contributed by atoms with Crippen LogP contribution in [0.4, 0.5) is 11.4 Å². The molecule has 2 aromatic carbocycles. The van der Waals surface area contributed by atoms with Gasteiger partial charge in [-0.3, -0.25) is 0 Å². The zero-order valence-electron chi connectivity index (χ0n) is 12.4. The SMILES string of the molecule is N#Cc1c(Nc2ccccc2)ccnc1SCc1ccccc1. The molecule has 0 aliphatic carbocycles. The summed E-state index contributed by atoms with van der Waals surface area (Å²) in [5.74, 6) is 0.789. The van der Waals surface area contributed by atoms with Crippen LogP contribution in [0.5, 0.6) is 0 Å². The Balaban J connectivity index is 1.81. The van der Waals surface area contributed by atoms with Gasteiger partial charge in [0.1, 0.15) is 16.7 Å². The molecule has 1 aromatic heterocycles. The molecular formula is C19H15N3S. The molecule has 0 aliphatic heterocycles. The fraction of sp³-hybridized carbons (Fsp3) is 0.0526. The van der Waals surface area contributed by atoms with Gasteiger partial charge in [-0.25, -0.2) is 4.98 Å². The van der Waals surface area contributed by atoms with Crippen LogP contribution < -0.4 is 5.32 Å². The van der Waals surface area contributed by atoms with Crippen molar-refractivity contribution in [3.63, 3.8) is 0 Å². The van der Waals surface area contributed by atoms with E-state index in [4.69, 9.17) is 0 Å². The fourth-order valence-electron chi connectivity index (χ4n) is 2.17. The Morgan fingerprint density at radius 2 is 1.65 bits per heavy atom. The number of nitrogens with one attached hydrogen (secondary N) is 1. The number of anilines is 2. The van der Waals surface area contributed by atoms with Crippen molar-refractivity contribution in [3.8, 4) is 6.07 Å².